The molecule has 0 saturated carbocycles. The standard InChI is InChI=1S/C9H15N3O2/c1-7(9(13)14)10-3-5-12-6-4-11-8(12)2/h4,6-7,10H,3,5H2,1-2H3,(H,13,14)/t7-/m1/s1. The third-order valence-electron chi connectivity index (χ3n) is 2.10. The van der Waals surface area contributed by atoms with Crippen LogP contribution in [0.1, 0.15) is 12.7 Å². The maximum Gasteiger partial charge on any atom is 0.320 e. The zero-order chi connectivity index (χ0) is 10.6. The molecule has 1 heterocycles. The molecule has 1 aromatic rings. The first-order chi connectivity index (χ1) is 6.61. The number of carboxylic acids is 1. The van der Waals surface area contributed by atoms with E-state index in [2.05, 4.69) is 10.3 Å². The summed E-state index contributed by atoms with van der Waals surface area (Å²) in [6.45, 7) is 4.91. The maximum atomic E-state index is 10.5. The van der Waals surface area contributed by atoms with Crippen molar-refractivity contribution in [3.8, 4) is 0 Å². The van der Waals surface area contributed by atoms with E-state index in [0.717, 1.165) is 12.4 Å². The lowest BCUT2D eigenvalue weighted by Gasteiger charge is -2.09. The highest BCUT2D eigenvalue weighted by molar-refractivity contribution is 5.72. The molecule has 0 aliphatic carbocycles. The first-order valence-electron chi connectivity index (χ1n) is 4.55. The van der Waals surface area contributed by atoms with Gasteiger partial charge in [-0.1, -0.05) is 0 Å². The summed E-state index contributed by atoms with van der Waals surface area (Å²) in [5.41, 5.74) is 0. The van der Waals surface area contributed by atoms with Crippen LogP contribution >= 0.6 is 0 Å². The average Bonchev–Trinajstić information content (AvgIpc) is 2.51. The van der Waals surface area contributed by atoms with Gasteiger partial charge >= 0.3 is 5.97 Å². The second-order valence-electron chi connectivity index (χ2n) is 3.18. The fourth-order valence-corrected chi connectivity index (χ4v) is 1.13. The number of rotatable bonds is 5. The molecule has 0 spiro atoms. The number of hydrogen-bond donors (Lipinski definition) is 2. The SMILES string of the molecule is Cc1nccn1CCN[C@H](C)C(=O)O. The number of carboxylic acid groups (broad SMARTS) is 1. The first-order valence-corrected chi connectivity index (χ1v) is 4.55. The van der Waals surface area contributed by atoms with Crippen LogP contribution < -0.4 is 5.32 Å². The summed E-state index contributed by atoms with van der Waals surface area (Å²) < 4.78 is 1.97. The van der Waals surface area contributed by atoms with Crippen molar-refractivity contribution >= 4 is 5.97 Å². The summed E-state index contributed by atoms with van der Waals surface area (Å²) in [6.07, 6.45) is 3.61. The van der Waals surface area contributed by atoms with Crippen molar-refractivity contribution in [1.29, 1.82) is 0 Å². The van der Waals surface area contributed by atoms with Crippen molar-refractivity contribution < 1.29 is 9.90 Å². The minimum Gasteiger partial charge on any atom is -0.480 e. The third kappa shape index (κ3) is 2.85. The number of hydrogen-bond acceptors (Lipinski definition) is 3. The molecule has 2 N–H and O–H groups in total. The number of imidazole rings is 1. The molecule has 0 radical (unpaired) electrons. The molecule has 14 heavy (non-hydrogen) atoms. The maximum absolute atomic E-state index is 10.5. The highest BCUT2D eigenvalue weighted by Gasteiger charge is 2.08. The van der Waals surface area contributed by atoms with E-state index in [1.807, 2.05) is 17.7 Å². The number of nitrogens with zero attached hydrogens (tertiary/aromatic N) is 2. The molecule has 0 aromatic carbocycles. The summed E-state index contributed by atoms with van der Waals surface area (Å²) in [7, 11) is 0. The number of aromatic nitrogens is 2. The summed E-state index contributed by atoms with van der Waals surface area (Å²) in [4.78, 5) is 14.5. The molecular weight excluding hydrogens is 182 g/mol. The molecule has 0 unspecified atom stereocenters. The average molecular weight is 197 g/mol. The highest BCUT2D eigenvalue weighted by Crippen LogP contribution is 1.93. The fourth-order valence-electron chi connectivity index (χ4n) is 1.13. The van der Waals surface area contributed by atoms with E-state index in [1.54, 1.807) is 13.1 Å². The Balaban J connectivity index is 2.29. The molecule has 5 heteroatoms. The van der Waals surface area contributed by atoms with Gasteiger partial charge in [-0.05, 0) is 13.8 Å². The quantitative estimate of drug-likeness (QED) is 0.710. The second kappa shape index (κ2) is 4.76. The number of carbonyl (C=O) groups is 1. The van der Waals surface area contributed by atoms with Gasteiger partial charge in [0.2, 0.25) is 0 Å². The monoisotopic (exact) mass is 197 g/mol. The molecule has 78 valence electrons. The lowest BCUT2D eigenvalue weighted by atomic mass is 10.3. The smallest absolute Gasteiger partial charge is 0.320 e. The highest BCUT2D eigenvalue weighted by atomic mass is 16.4. The predicted molar refractivity (Wildman–Crippen MR) is 52.1 cm³/mol. The lowest BCUT2D eigenvalue weighted by Crippen LogP contribution is -2.35. The molecule has 0 bridgehead atoms. The summed E-state index contributed by atoms with van der Waals surface area (Å²) in [5.74, 6) is 0.113. The Morgan fingerprint density at radius 2 is 2.50 bits per heavy atom. The molecule has 5 nitrogen and oxygen atoms in total. The number of aryl methyl sites for hydroxylation is 1. The predicted octanol–water partition coefficient (Wildman–Crippen LogP) is 0.254. The van der Waals surface area contributed by atoms with Gasteiger partial charge in [0.05, 0.1) is 0 Å². The van der Waals surface area contributed by atoms with Gasteiger partial charge in [-0.25, -0.2) is 4.98 Å². The van der Waals surface area contributed by atoms with Crippen LogP contribution in [0.3, 0.4) is 0 Å². The Bertz CT molecular complexity index is 309. The van der Waals surface area contributed by atoms with Crippen molar-refractivity contribution in [2.24, 2.45) is 0 Å². The Kier molecular flexibility index (Phi) is 3.64. The molecule has 0 amide bonds. The second-order valence-corrected chi connectivity index (χ2v) is 3.18. The number of aliphatic carboxylic acids is 1. The first kappa shape index (κ1) is 10.7. The van der Waals surface area contributed by atoms with Crippen LogP contribution in [0, 0.1) is 6.92 Å². The summed E-state index contributed by atoms with van der Waals surface area (Å²) in [5, 5.41) is 11.5. The molecule has 0 aliphatic rings. The van der Waals surface area contributed by atoms with Crippen molar-refractivity contribution in [3.05, 3.63) is 18.2 Å². The van der Waals surface area contributed by atoms with Crippen LogP contribution in [0.5, 0.6) is 0 Å². The van der Waals surface area contributed by atoms with E-state index in [-0.39, 0.29) is 0 Å². The van der Waals surface area contributed by atoms with Crippen molar-refractivity contribution in [1.82, 2.24) is 14.9 Å². The zero-order valence-electron chi connectivity index (χ0n) is 8.40. The Hall–Kier alpha value is -1.36. The molecule has 1 atom stereocenters. The molecule has 0 fully saturated rings. The van der Waals surface area contributed by atoms with E-state index in [4.69, 9.17) is 5.11 Å². The molecule has 0 saturated heterocycles. The Morgan fingerprint density at radius 3 is 3.00 bits per heavy atom. The van der Waals surface area contributed by atoms with Crippen LogP contribution in [-0.4, -0.2) is 33.2 Å². The van der Waals surface area contributed by atoms with Crippen molar-refractivity contribution in [2.45, 2.75) is 26.4 Å². The van der Waals surface area contributed by atoms with Gasteiger partial charge in [-0.2, -0.15) is 0 Å². The topological polar surface area (TPSA) is 67.2 Å². The van der Waals surface area contributed by atoms with E-state index in [9.17, 15) is 4.79 Å². The third-order valence-corrected chi connectivity index (χ3v) is 2.10. The van der Waals surface area contributed by atoms with E-state index < -0.39 is 12.0 Å². The zero-order valence-corrected chi connectivity index (χ0v) is 8.40. The fraction of sp³-hybridized carbons (Fsp3) is 0.556. The Labute approximate surface area is 82.8 Å². The molecule has 1 rings (SSSR count). The van der Waals surface area contributed by atoms with Gasteiger partial charge in [0.25, 0.3) is 0 Å². The largest absolute Gasteiger partial charge is 0.480 e. The molecular formula is C9H15N3O2. The lowest BCUT2D eigenvalue weighted by molar-refractivity contribution is -0.138. The summed E-state index contributed by atoms with van der Waals surface area (Å²) >= 11 is 0. The van der Waals surface area contributed by atoms with E-state index in [1.165, 1.54) is 0 Å². The van der Waals surface area contributed by atoms with Crippen LogP contribution in [0.25, 0.3) is 0 Å². The van der Waals surface area contributed by atoms with Gasteiger partial charge in [-0.3, -0.25) is 4.79 Å². The normalized spacial score (nSPS) is 12.7. The van der Waals surface area contributed by atoms with Gasteiger partial charge in [0.15, 0.2) is 0 Å². The van der Waals surface area contributed by atoms with Crippen LogP contribution in [-0.2, 0) is 11.3 Å². The summed E-state index contributed by atoms with van der Waals surface area (Å²) in [6, 6.07) is -0.501. The van der Waals surface area contributed by atoms with Gasteiger partial charge < -0.3 is 15.0 Å². The van der Waals surface area contributed by atoms with Crippen LogP contribution in [0.2, 0.25) is 0 Å². The van der Waals surface area contributed by atoms with Crippen molar-refractivity contribution in [2.75, 3.05) is 6.54 Å². The minimum absolute atomic E-state index is 0.501. The Morgan fingerprint density at radius 1 is 1.79 bits per heavy atom. The van der Waals surface area contributed by atoms with Gasteiger partial charge in [0.1, 0.15) is 11.9 Å². The van der Waals surface area contributed by atoms with Crippen LogP contribution in [0.4, 0.5) is 0 Å². The van der Waals surface area contributed by atoms with E-state index >= 15 is 0 Å². The van der Waals surface area contributed by atoms with Gasteiger partial charge in [-0.15, -0.1) is 0 Å². The van der Waals surface area contributed by atoms with Crippen molar-refractivity contribution in [3.63, 3.8) is 0 Å². The molecule has 0 aliphatic heterocycles. The van der Waals surface area contributed by atoms with E-state index in [0.29, 0.717) is 6.54 Å². The number of nitrogens with one attached hydrogen (secondary N) is 1. The van der Waals surface area contributed by atoms with Crippen LogP contribution in [0.15, 0.2) is 12.4 Å². The minimum atomic E-state index is -0.827. The molecule has 1 aromatic heterocycles. The van der Waals surface area contributed by atoms with Gasteiger partial charge in [0, 0.05) is 25.5 Å².